The molecule has 8 heteroatoms. The third-order valence-electron chi connectivity index (χ3n) is 4.15. The summed E-state index contributed by atoms with van der Waals surface area (Å²) in [6, 6.07) is 18.8. The third kappa shape index (κ3) is 6.27. The van der Waals surface area contributed by atoms with E-state index in [0.29, 0.717) is 29.3 Å². The van der Waals surface area contributed by atoms with Gasteiger partial charge < -0.3 is 20.1 Å². The first kappa shape index (κ1) is 21.8. The number of ether oxygens (including phenoxy) is 2. The average Bonchev–Trinajstić information content (AvgIpc) is 2.75. The van der Waals surface area contributed by atoms with Crippen LogP contribution in [0.5, 0.6) is 11.5 Å². The van der Waals surface area contributed by atoms with Gasteiger partial charge in [0.05, 0.1) is 6.61 Å². The second-order valence-electron chi connectivity index (χ2n) is 6.35. The second-order valence-corrected chi connectivity index (χ2v) is 6.35. The van der Waals surface area contributed by atoms with Crippen LogP contribution in [0, 0.1) is 0 Å². The van der Waals surface area contributed by atoms with Gasteiger partial charge in [-0.15, -0.1) is 0 Å². The molecule has 0 aromatic heterocycles. The van der Waals surface area contributed by atoms with Gasteiger partial charge in [0.1, 0.15) is 11.5 Å². The van der Waals surface area contributed by atoms with Crippen LogP contribution < -0.4 is 20.1 Å². The van der Waals surface area contributed by atoms with E-state index in [1.807, 2.05) is 6.92 Å². The third-order valence-corrected chi connectivity index (χ3v) is 4.15. The van der Waals surface area contributed by atoms with E-state index in [1.54, 1.807) is 48.5 Å². The molecule has 0 fully saturated rings. The summed E-state index contributed by atoms with van der Waals surface area (Å²) in [7, 11) is 0. The first-order chi connectivity index (χ1) is 14.9. The number of hydrogen-bond donors (Lipinski definition) is 2. The highest BCUT2D eigenvalue weighted by molar-refractivity contribution is 6.06. The van der Waals surface area contributed by atoms with E-state index in [0.717, 1.165) is 0 Å². The van der Waals surface area contributed by atoms with Crippen LogP contribution in [0.1, 0.15) is 27.6 Å². The summed E-state index contributed by atoms with van der Waals surface area (Å²) >= 11 is 0. The molecule has 0 aliphatic carbocycles. The second kappa shape index (κ2) is 10.2. The molecule has 31 heavy (non-hydrogen) atoms. The molecule has 3 aromatic rings. The number of amides is 2. The SMILES string of the molecule is CCOc1ccc(NC(=O)c2ccc(NC(=O)c3cccc(OC(F)F)c3)cc2)cc1. The Morgan fingerprint density at radius 2 is 1.39 bits per heavy atom. The molecule has 0 saturated heterocycles. The number of anilines is 2. The molecule has 6 nitrogen and oxygen atoms in total. The number of alkyl halides is 2. The first-order valence-corrected chi connectivity index (χ1v) is 9.45. The van der Waals surface area contributed by atoms with Crippen molar-refractivity contribution in [1.82, 2.24) is 0 Å². The minimum Gasteiger partial charge on any atom is -0.494 e. The highest BCUT2D eigenvalue weighted by Crippen LogP contribution is 2.19. The number of benzene rings is 3. The average molecular weight is 426 g/mol. The standard InChI is InChI=1S/C23H20F2N2O4/c1-2-30-19-12-10-18(11-13-19)26-21(28)15-6-8-17(9-7-15)27-22(29)16-4-3-5-20(14-16)31-23(24)25/h3-14,23H,2H2,1H3,(H,26,28)(H,27,29). The smallest absolute Gasteiger partial charge is 0.387 e. The maximum absolute atomic E-state index is 12.4. The van der Waals surface area contributed by atoms with Crippen molar-refractivity contribution in [2.24, 2.45) is 0 Å². The Balaban J connectivity index is 1.60. The lowest BCUT2D eigenvalue weighted by Gasteiger charge is -2.09. The molecule has 0 heterocycles. The summed E-state index contributed by atoms with van der Waals surface area (Å²) in [6.07, 6.45) is 0. The van der Waals surface area contributed by atoms with Gasteiger partial charge in [-0.05, 0) is 73.7 Å². The summed E-state index contributed by atoms with van der Waals surface area (Å²) < 4.78 is 34.3. The van der Waals surface area contributed by atoms with E-state index >= 15 is 0 Å². The predicted molar refractivity (Wildman–Crippen MR) is 113 cm³/mol. The number of halogens is 2. The summed E-state index contributed by atoms with van der Waals surface area (Å²) in [4.78, 5) is 24.7. The van der Waals surface area contributed by atoms with E-state index < -0.39 is 12.5 Å². The van der Waals surface area contributed by atoms with Crippen molar-refractivity contribution in [2.45, 2.75) is 13.5 Å². The molecular weight excluding hydrogens is 406 g/mol. The van der Waals surface area contributed by atoms with Crippen molar-refractivity contribution in [3.63, 3.8) is 0 Å². The van der Waals surface area contributed by atoms with Crippen molar-refractivity contribution < 1.29 is 27.8 Å². The van der Waals surface area contributed by atoms with Crippen LogP contribution in [0.3, 0.4) is 0 Å². The molecule has 0 saturated carbocycles. The fourth-order valence-electron chi connectivity index (χ4n) is 2.73. The van der Waals surface area contributed by atoms with Gasteiger partial charge in [0, 0.05) is 22.5 Å². The lowest BCUT2D eigenvalue weighted by molar-refractivity contribution is -0.0498. The maximum atomic E-state index is 12.4. The van der Waals surface area contributed by atoms with Gasteiger partial charge in [0.25, 0.3) is 11.8 Å². The quantitative estimate of drug-likeness (QED) is 0.520. The fourth-order valence-corrected chi connectivity index (χ4v) is 2.73. The molecule has 0 spiro atoms. The molecule has 0 atom stereocenters. The van der Waals surface area contributed by atoms with Crippen molar-refractivity contribution >= 4 is 23.2 Å². The lowest BCUT2D eigenvalue weighted by atomic mass is 10.1. The Kier molecular flexibility index (Phi) is 7.16. The van der Waals surface area contributed by atoms with Crippen LogP contribution in [0.2, 0.25) is 0 Å². The molecule has 0 aliphatic heterocycles. The largest absolute Gasteiger partial charge is 0.494 e. The van der Waals surface area contributed by atoms with Gasteiger partial charge in [-0.3, -0.25) is 9.59 Å². The van der Waals surface area contributed by atoms with Gasteiger partial charge >= 0.3 is 6.61 Å². The number of rotatable bonds is 8. The van der Waals surface area contributed by atoms with E-state index in [-0.39, 0.29) is 17.2 Å². The van der Waals surface area contributed by atoms with Crippen molar-refractivity contribution in [3.05, 3.63) is 83.9 Å². The van der Waals surface area contributed by atoms with Crippen LogP contribution in [0.25, 0.3) is 0 Å². The molecule has 160 valence electrons. The first-order valence-electron chi connectivity index (χ1n) is 9.45. The zero-order valence-electron chi connectivity index (χ0n) is 16.6. The molecule has 2 amide bonds. The Bertz CT molecular complexity index is 1040. The number of nitrogens with one attached hydrogen (secondary N) is 2. The summed E-state index contributed by atoms with van der Waals surface area (Å²) in [5.41, 5.74) is 1.63. The van der Waals surface area contributed by atoms with Crippen LogP contribution in [-0.2, 0) is 0 Å². The van der Waals surface area contributed by atoms with Crippen molar-refractivity contribution in [1.29, 1.82) is 0 Å². The molecule has 2 N–H and O–H groups in total. The fraction of sp³-hybridized carbons (Fsp3) is 0.130. The number of hydrogen-bond acceptors (Lipinski definition) is 4. The Morgan fingerprint density at radius 3 is 1.97 bits per heavy atom. The Labute approximate surface area is 177 Å². The zero-order chi connectivity index (χ0) is 22.2. The monoisotopic (exact) mass is 426 g/mol. The molecule has 0 unspecified atom stereocenters. The number of carbonyl (C=O) groups is 2. The van der Waals surface area contributed by atoms with Crippen LogP contribution >= 0.6 is 0 Å². The van der Waals surface area contributed by atoms with Gasteiger partial charge in [0.15, 0.2) is 0 Å². The van der Waals surface area contributed by atoms with E-state index in [9.17, 15) is 18.4 Å². The van der Waals surface area contributed by atoms with E-state index in [1.165, 1.54) is 24.3 Å². The van der Waals surface area contributed by atoms with Crippen molar-refractivity contribution in [2.75, 3.05) is 17.2 Å². The predicted octanol–water partition coefficient (Wildman–Crippen LogP) is 5.19. The molecule has 0 aliphatic rings. The van der Waals surface area contributed by atoms with E-state index in [2.05, 4.69) is 15.4 Å². The topological polar surface area (TPSA) is 76.7 Å². The normalized spacial score (nSPS) is 10.5. The van der Waals surface area contributed by atoms with Crippen LogP contribution in [-0.4, -0.2) is 25.0 Å². The van der Waals surface area contributed by atoms with Crippen LogP contribution in [0.15, 0.2) is 72.8 Å². The summed E-state index contributed by atoms with van der Waals surface area (Å²) in [5, 5.41) is 5.42. The van der Waals surface area contributed by atoms with Crippen LogP contribution in [0.4, 0.5) is 20.2 Å². The maximum Gasteiger partial charge on any atom is 0.387 e. The summed E-state index contributed by atoms with van der Waals surface area (Å²) in [5.74, 6) is -0.193. The van der Waals surface area contributed by atoms with Gasteiger partial charge in [-0.1, -0.05) is 6.07 Å². The summed E-state index contributed by atoms with van der Waals surface area (Å²) in [6.45, 7) is -0.524. The molecule has 0 bridgehead atoms. The lowest BCUT2D eigenvalue weighted by Crippen LogP contribution is -2.14. The molecule has 3 rings (SSSR count). The Morgan fingerprint density at radius 1 is 0.806 bits per heavy atom. The van der Waals surface area contributed by atoms with Gasteiger partial charge in [-0.25, -0.2) is 0 Å². The molecule has 3 aromatic carbocycles. The van der Waals surface area contributed by atoms with Gasteiger partial charge in [-0.2, -0.15) is 8.78 Å². The number of carbonyl (C=O) groups excluding carboxylic acids is 2. The molecule has 0 radical (unpaired) electrons. The minimum absolute atomic E-state index is 0.107. The van der Waals surface area contributed by atoms with Gasteiger partial charge in [0.2, 0.25) is 0 Å². The highest BCUT2D eigenvalue weighted by atomic mass is 19.3. The Hall–Kier alpha value is -3.94. The van der Waals surface area contributed by atoms with E-state index in [4.69, 9.17) is 4.74 Å². The zero-order valence-corrected chi connectivity index (χ0v) is 16.6. The molecular formula is C23H20F2N2O4. The van der Waals surface area contributed by atoms with Crippen molar-refractivity contribution in [3.8, 4) is 11.5 Å². The highest BCUT2D eigenvalue weighted by Gasteiger charge is 2.11. The minimum atomic E-state index is -2.97.